The van der Waals surface area contributed by atoms with Gasteiger partial charge < -0.3 is 24.2 Å². The summed E-state index contributed by atoms with van der Waals surface area (Å²) >= 11 is 0. The van der Waals surface area contributed by atoms with Crippen molar-refractivity contribution in [2.45, 2.75) is 83.6 Å². The predicted octanol–water partition coefficient (Wildman–Crippen LogP) is 3.01. The minimum atomic E-state index is -1.07. The number of ether oxygens (including phenoxy) is 3. The Morgan fingerprint density at radius 3 is 2.46 bits per heavy atom. The highest BCUT2D eigenvalue weighted by atomic mass is 16.8. The highest BCUT2D eigenvalue weighted by molar-refractivity contribution is 5.76. The first kappa shape index (κ1) is 21.0. The van der Waals surface area contributed by atoms with Crippen LogP contribution in [-0.4, -0.2) is 41.3 Å². The third kappa shape index (κ3) is 3.74. The van der Waals surface area contributed by atoms with Crippen LogP contribution in [0.1, 0.15) is 59.3 Å². The van der Waals surface area contributed by atoms with E-state index in [-0.39, 0.29) is 36.7 Å². The summed E-state index contributed by atoms with van der Waals surface area (Å²) in [7, 11) is 0. The molecule has 1 N–H and O–H groups in total. The van der Waals surface area contributed by atoms with Gasteiger partial charge in [-0.3, -0.25) is 9.59 Å². The van der Waals surface area contributed by atoms with Crippen molar-refractivity contribution in [2.75, 3.05) is 0 Å². The third-order valence-corrected chi connectivity index (χ3v) is 6.70. The van der Waals surface area contributed by atoms with Gasteiger partial charge >= 0.3 is 11.9 Å². The van der Waals surface area contributed by atoms with Crippen LogP contribution in [0, 0.1) is 28.6 Å². The first-order chi connectivity index (χ1) is 13.3. The molecule has 0 radical (unpaired) electrons. The lowest BCUT2D eigenvalue weighted by atomic mass is 9.58. The molecule has 2 heterocycles. The van der Waals surface area contributed by atoms with E-state index < -0.39 is 30.1 Å². The zero-order valence-electron chi connectivity index (χ0n) is 16.5. The van der Waals surface area contributed by atoms with Gasteiger partial charge in [0.25, 0.3) is 0 Å². The number of hydrogen-bond acceptors (Lipinski definition) is 8. The van der Waals surface area contributed by atoms with Gasteiger partial charge in [-0.25, -0.2) is 0 Å². The van der Waals surface area contributed by atoms with Crippen molar-refractivity contribution in [3.8, 4) is 0 Å². The summed E-state index contributed by atoms with van der Waals surface area (Å²) in [6, 6.07) is 0. The normalized spacial score (nSPS) is 42.6. The minimum Gasteiger partial charge on any atom is -0.481 e. The molecule has 9 heteroatoms. The molecule has 2 aliphatic heterocycles. The van der Waals surface area contributed by atoms with Gasteiger partial charge in [0.1, 0.15) is 0 Å². The molecule has 158 valence electrons. The Morgan fingerprint density at radius 1 is 1.07 bits per heavy atom. The quantitative estimate of drug-likeness (QED) is 0.411. The number of esters is 1. The zero-order chi connectivity index (χ0) is 20.5. The predicted molar refractivity (Wildman–Crippen MR) is 95.6 cm³/mol. The van der Waals surface area contributed by atoms with Crippen LogP contribution in [0.5, 0.6) is 0 Å². The molecule has 0 aromatic rings. The molecular weight excluding hydrogens is 370 g/mol. The number of carboxylic acids is 1. The van der Waals surface area contributed by atoms with E-state index in [9.17, 15) is 14.5 Å². The molecule has 0 aromatic carbocycles. The summed E-state index contributed by atoms with van der Waals surface area (Å²) in [4.78, 5) is 39.6. The second-order valence-corrected chi connectivity index (χ2v) is 8.39. The van der Waals surface area contributed by atoms with E-state index in [1.165, 1.54) is 0 Å². The van der Waals surface area contributed by atoms with Gasteiger partial charge in [0.2, 0.25) is 12.6 Å². The summed E-state index contributed by atoms with van der Waals surface area (Å²) in [6.45, 7) is 5.98. The van der Waals surface area contributed by atoms with E-state index in [1.54, 1.807) is 0 Å². The molecule has 8 atom stereocenters. The number of hydrogen-bond donors (Lipinski definition) is 1. The molecule has 1 saturated carbocycles. The van der Waals surface area contributed by atoms with Gasteiger partial charge in [-0.15, -0.1) is 4.91 Å². The summed E-state index contributed by atoms with van der Waals surface area (Å²) in [6.07, 6.45) is 0.973. The van der Waals surface area contributed by atoms with E-state index in [2.05, 4.69) is 12.3 Å². The highest BCUT2D eigenvalue weighted by Gasteiger charge is 2.66. The SMILES string of the molecule is CC1CCC2[C@H](C)CCC3C(C)[C@H](OC(=O)CCC(=O)O)OC(O1)[C@]32ON=O. The second-order valence-electron chi connectivity index (χ2n) is 8.39. The van der Waals surface area contributed by atoms with Gasteiger partial charge in [-0.2, -0.15) is 0 Å². The molecule has 3 fully saturated rings. The Morgan fingerprint density at radius 2 is 1.79 bits per heavy atom. The molecule has 0 bridgehead atoms. The van der Waals surface area contributed by atoms with E-state index in [1.807, 2.05) is 13.8 Å². The van der Waals surface area contributed by atoms with Crippen LogP contribution in [0.15, 0.2) is 5.34 Å². The van der Waals surface area contributed by atoms with Crippen molar-refractivity contribution in [2.24, 2.45) is 29.0 Å². The number of aliphatic carboxylic acids is 1. The zero-order valence-corrected chi connectivity index (χ0v) is 16.5. The Balaban J connectivity index is 1.87. The molecule has 28 heavy (non-hydrogen) atoms. The van der Waals surface area contributed by atoms with E-state index in [4.69, 9.17) is 24.2 Å². The maximum absolute atomic E-state index is 12.1. The molecule has 0 aromatic heterocycles. The molecule has 9 nitrogen and oxygen atoms in total. The van der Waals surface area contributed by atoms with Crippen LogP contribution in [0.4, 0.5) is 0 Å². The summed E-state index contributed by atoms with van der Waals surface area (Å²) in [5.74, 6) is -1.72. The van der Waals surface area contributed by atoms with Crippen molar-refractivity contribution in [1.82, 2.24) is 0 Å². The average molecular weight is 399 g/mol. The first-order valence-electron chi connectivity index (χ1n) is 10.0. The Kier molecular flexibility index (Phi) is 6.24. The van der Waals surface area contributed by atoms with Crippen LogP contribution in [-0.2, 0) is 28.6 Å². The molecule has 5 unspecified atom stereocenters. The Hall–Kier alpha value is -1.74. The molecular formula is C19H29NO8. The maximum Gasteiger partial charge on any atom is 0.308 e. The van der Waals surface area contributed by atoms with E-state index in [0.29, 0.717) is 5.92 Å². The van der Waals surface area contributed by atoms with Crippen LogP contribution in [0.25, 0.3) is 0 Å². The average Bonchev–Trinajstić information content (AvgIpc) is 2.77. The minimum absolute atomic E-state index is 0.0463. The van der Waals surface area contributed by atoms with Crippen molar-refractivity contribution < 1.29 is 33.7 Å². The van der Waals surface area contributed by atoms with Crippen molar-refractivity contribution in [1.29, 1.82) is 0 Å². The fourth-order valence-electron chi connectivity index (χ4n) is 5.27. The maximum atomic E-state index is 12.1. The third-order valence-electron chi connectivity index (χ3n) is 6.70. The van der Waals surface area contributed by atoms with Crippen LogP contribution in [0.2, 0.25) is 0 Å². The molecule has 3 aliphatic rings. The highest BCUT2D eigenvalue weighted by Crippen LogP contribution is 2.57. The van der Waals surface area contributed by atoms with E-state index in [0.717, 1.165) is 25.7 Å². The number of nitrogens with zero attached hydrogens (tertiary/aromatic N) is 1. The van der Waals surface area contributed by atoms with Gasteiger partial charge in [0.05, 0.1) is 18.9 Å². The van der Waals surface area contributed by atoms with Crippen LogP contribution >= 0.6 is 0 Å². The summed E-state index contributed by atoms with van der Waals surface area (Å²) < 4.78 is 17.6. The summed E-state index contributed by atoms with van der Waals surface area (Å²) in [5, 5.41) is 11.6. The van der Waals surface area contributed by atoms with Crippen LogP contribution in [0.3, 0.4) is 0 Å². The molecule has 0 amide bonds. The number of rotatable bonds is 6. The molecule has 2 saturated heterocycles. The van der Waals surface area contributed by atoms with Gasteiger partial charge in [0.15, 0.2) is 10.9 Å². The standard InChI is InChI=1S/C19H29NO8/c1-10-4-6-14-12(3)17(26-16(23)9-8-15(21)22)27-18-19(14,28-20-24)13(10)7-5-11(2)25-18/h10-14,17-18H,4-9H2,1-3H3,(H,21,22)/t10-,11?,12?,13?,14?,17-,18?,19-/m1/s1. The number of carbonyl (C=O) groups excluding carboxylic acids is 1. The fourth-order valence-corrected chi connectivity index (χ4v) is 5.27. The van der Waals surface area contributed by atoms with E-state index >= 15 is 0 Å². The molecule has 0 spiro atoms. The summed E-state index contributed by atoms with van der Waals surface area (Å²) in [5.41, 5.74) is -1.01. The van der Waals surface area contributed by atoms with Gasteiger partial charge in [-0.05, 0) is 38.5 Å². The first-order valence-corrected chi connectivity index (χ1v) is 10.0. The van der Waals surface area contributed by atoms with Crippen molar-refractivity contribution >= 4 is 11.9 Å². The second kappa shape index (κ2) is 8.32. The lowest BCUT2D eigenvalue weighted by Gasteiger charge is -2.56. The fraction of sp³-hybridized carbons (Fsp3) is 0.895. The van der Waals surface area contributed by atoms with Crippen molar-refractivity contribution in [3.05, 3.63) is 4.91 Å². The van der Waals surface area contributed by atoms with Crippen molar-refractivity contribution in [3.63, 3.8) is 0 Å². The smallest absolute Gasteiger partial charge is 0.308 e. The van der Waals surface area contributed by atoms with Gasteiger partial charge in [-0.1, -0.05) is 13.8 Å². The molecule has 1 aliphatic carbocycles. The Bertz CT molecular complexity index is 613. The lowest BCUT2D eigenvalue weighted by Crippen LogP contribution is -2.67. The Labute approximate surface area is 164 Å². The van der Waals surface area contributed by atoms with Crippen LogP contribution < -0.4 is 0 Å². The largest absolute Gasteiger partial charge is 0.481 e. The number of carboxylic acid groups (broad SMARTS) is 1. The van der Waals surface area contributed by atoms with Gasteiger partial charge in [0, 0.05) is 17.8 Å². The lowest BCUT2D eigenvalue weighted by molar-refractivity contribution is -0.385. The topological polar surface area (TPSA) is 121 Å². The monoisotopic (exact) mass is 399 g/mol. The number of carbonyl (C=O) groups is 2. The molecule has 3 rings (SSSR count).